The lowest BCUT2D eigenvalue weighted by Crippen LogP contribution is -2.15. The van der Waals surface area contributed by atoms with Crippen molar-refractivity contribution in [1.29, 1.82) is 0 Å². The number of hydrogen-bond donors (Lipinski definition) is 2. The second-order valence-corrected chi connectivity index (χ2v) is 9.97. The highest BCUT2D eigenvalue weighted by Crippen LogP contribution is 2.32. The molecule has 0 atom stereocenters. The second-order valence-electron chi connectivity index (χ2n) is 6.38. The van der Waals surface area contributed by atoms with Gasteiger partial charge in [-0.05, 0) is 24.6 Å². The van der Waals surface area contributed by atoms with E-state index in [-0.39, 0.29) is 40.1 Å². The fourth-order valence-corrected chi connectivity index (χ4v) is 3.26. The van der Waals surface area contributed by atoms with E-state index < -0.39 is 25.9 Å². The fraction of sp³-hybridized carbons (Fsp3) is 0.278. The fourth-order valence-electron chi connectivity index (χ4n) is 2.23. The van der Waals surface area contributed by atoms with Crippen LogP contribution in [-0.4, -0.2) is 51.1 Å². The Morgan fingerprint density at radius 3 is 2.39 bits per heavy atom. The van der Waals surface area contributed by atoms with Crippen molar-refractivity contribution >= 4 is 37.3 Å². The van der Waals surface area contributed by atoms with Crippen LogP contribution in [0.25, 0.3) is 0 Å². The summed E-state index contributed by atoms with van der Waals surface area (Å²) in [5.41, 5.74) is 2.45. The molecule has 168 valence electrons. The third-order valence-corrected chi connectivity index (χ3v) is 5.18. The summed E-state index contributed by atoms with van der Waals surface area (Å²) in [6, 6.07) is 6.73. The average Bonchev–Trinajstić information content (AvgIpc) is 2.64. The molecule has 11 nitrogen and oxygen atoms in total. The molecule has 0 amide bonds. The first kappa shape index (κ1) is 24.1. The van der Waals surface area contributed by atoms with Gasteiger partial charge in [-0.25, -0.2) is 18.2 Å². The number of ether oxygens (including phenoxy) is 1. The number of carboxylic acid groups (broad SMARTS) is 1. The lowest BCUT2D eigenvalue weighted by molar-refractivity contribution is -0.129. The van der Waals surface area contributed by atoms with Crippen molar-refractivity contribution in [3.05, 3.63) is 36.5 Å². The van der Waals surface area contributed by atoms with Gasteiger partial charge >= 0.3 is 16.1 Å². The standard InChI is InChI=1S/C18H21N3O8S2/c1-4-5-15(18(22)23)21-20-14-8-6-12(10-16(14)29-31(3,26)27)28-17-9-7-13(11-19-17)30(2,24)25/h6-11,20H,4-5H2,1-3H3,(H,22,23). The van der Waals surface area contributed by atoms with Crippen LogP contribution in [0.2, 0.25) is 0 Å². The first-order valence-corrected chi connectivity index (χ1v) is 12.5. The van der Waals surface area contributed by atoms with E-state index in [2.05, 4.69) is 15.5 Å². The van der Waals surface area contributed by atoms with Crippen molar-refractivity contribution in [3.63, 3.8) is 0 Å². The van der Waals surface area contributed by atoms with Crippen molar-refractivity contribution < 1.29 is 35.7 Å². The second kappa shape index (κ2) is 9.75. The van der Waals surface area contributed by atoms with Crippen LogP contribution in [0.1, 0.15) is 19.8 Å². The minimum atomic E-state index is -3.92. The Morgan fingerprint density at radius 2 is 1.87 bits per heavy atom. The number of hydrazone groups is 1. The number of nitrogens with one attached hydrogen (secondary N) is 1. The summed E-state index contributed by atoms with van der Waals surface area (Å²) in [7, 11) is -7.34. The number of aliphatic carboxylic acids is 1. The minimum absolute atomic E-state index is 0.0136. The topological polar surface area (TPSA) is 161 Å². The number of sulfone groups is 1. The normalized spacial score (nSPS) is 12.3. The number of benzene rings is 1. The molecule has 0 fully saturated rings. The number of anilines is 1. The van der Waals surface area contributed by atoms with E-state index in [4.69, 9.17) is 14.0 Å². The first-order valence-electron chi connectivity index (χ1n) is 8.82. The molecule has 1 aromatic carbocycles. The van der Waals surface area contributed by atoms with Gasteiger partial charge in [-0.15, -0.1) is 0 Å². The number of carbonyl (C=O) groups is 1. The van der Waals surface area contributed by atoms with E-state index in [1.54, 1.807) is 6.92 Å². The predicted molar refractivity (Wildman–Crippen MR) is 113 cm³/mol. The van der Waals surface area contributed by atoms with Gasteiger partial charge in [-0.2, -0.15) is 13.5 Å². The summed E-state index contributed by atoms with van der Waals surface area (Å²) >= 11 is 0. The van der Waals surface area contributed by atoms with Crippen molar-refractivity contribution in [2.24, 2.45) is 5.10 Å². The molecule has 0 bridgehead atoms. The van der Waals surface area contributed by atoms with Gasteiger partial charge in [0.25, 0.3) is 0 Å². The molecule has 0 spiro atoms. The van der Waals surface area contributed by atoms with Gasteiger partial charge in [-0.1, -0.05) is 13.3 Å². The summed E-state index contributed by atoms with van der Waals surface area (Å²) in [5, 5.41) is 13.0. The summed E-state index contributed by atoms with van der Waals surface area (Å²) < 4.78 is 56.7. The Labute approximate surface area is 179 Å². The molecule has 0 radical (unpaired) electrons. The molecule has 0 aliphatic carbocycles. The third kappa shape index (κ3) is 7.53. The van der Waals surface area contributed by atoms with Gasteiger partial charge in [0, 0.05) is 24.6 Å². The van der Waals surface area contributed by atoms with Gasteiger partial charge in [0.15, 0.2) is 15.6 Å². The van der Waals surface area contributed by atoms with Crippen molar-refractivity contribution in [2.45, 2.75) is 24.7 Å². The molecule has 13 heteroatoms. The number of pyridine rings is 1. The van der Waals surface area contributed by atoms with E-state index in [0.29, 0.717) is 6.42 Å². The number of aromatic nitrogens is 1. The largest absolute Gasteiger partial charge is 0.477 e. The Morgan fingerprint density at radius 1 is 1.16 bits per heavy atom. The van der Waals surface area contributed by atoms with Crippen LogP contribution in [0.5, 0.6) is 17.4 Å². The summed E-state index contributed by atoms with van der Waals surface area (Å²) in [5.74, 6) is -1.19. The van der Waals surface area contributed by atoms with E-state index in [1.165, 1.54) is 30.3 Å². The highest BCUT2D eigenvalue weighted by Gasteiger charge is 2.15. The zero-order valence-corrected chi connectivity index (χ0v) is 18.5. The minimum Gasteiger partial charge on any atom is -0.477 e. The molecule has 1 heterocycles. The van der Waals surface area contributed by atoms with E-state index >= 15 is 0 Å². The Balaban J connectivity index is 2.33. The van der Waals surface area contributed by atoms with Crippen molar-refractivity contribution in [3.8, 4) is 17.4 Å². The molecule has 2 N–H and O–H groups in total. The maximum Gasteiger partial charge on any atom is 0.352 e. The molecule has 0 saturated heterocycles. The van der Waals surface area contributed by atoms with Crippen molar-refractivity contribution in [2.75, 3.05) is 17.9 Å². The summed E-state index contributed by atoms with van der Waals surface area (Å²) in [6.07, 6.45) is 3.78. The monoisotopic (exact) mass is 471 g/mol. The summed E-state index contributed by atoms with van der Waals surface area (Å²) in [6.45, 7) is 1.79. The number of carboxylic acids is 1. The molecule has 0 aliphatic rings. The first-order chi connectivity index (χ1) is 14.4. The van der Waals surface area contributed by atoms with Crippen LogP contribution in [0, 0.1) is 0 Å². The number of nitrogens with zero attached hydrogens (tertiary/aromatic N) is 2. The SMILES string of the molecule is CCCC(=NNc1ccc(Oc2ccc(S(C)(=O)=O)cn2)cc1OS(C)(=O)=O)C(=O)O. The smallest absolute Gasteiger partial charge is 0.352 e. The molecular weight excluding hydrogens is 450 g/mol. The zero-order chi connectivity index (χ0) is 23.2. The maximum absolute atomic E-state index is 11.6. The number of rotatable bonds is 10. The molecule has 2 aromatic rings. The molecule has 0 aliphatic heterocycles. The molecule has 2 rings (SSSR count). The van der Waals surface area contributed by atoms with Gasteiger partial charge in [0.05, 0.1) is 11.2 Å². The van der Waals surface area contributed by atoms with Gasteiger partial charge in [0.1, 0.15) is 17.1 Å². The highest BCUT2D eigenvalue weighted by atomic mass is 32.2. The van der Waals surface area contributed by atoms with E-state index in [0.717, 1.165) is 18.7 Å². The predicted octanol–water partition coefficient (Wildman–Crippen LogP) is 2.27. The molecule has 0 unspecified atom stereocenters. The van der Waals surface area contributed by atoms with Crippen LogP contribution in [0.15, 0.2) is 46.5 Å². The van der Waals surface area contributed by atoms with Gasteiger partial charge in [-0.3, -0.25) is 5.43 Å². The highest BCUT2D eigenvalue weighted by molar-refractivity contribution is 7.90. The molecular formula is C18H21N3O8S2. The van der Waals surface area contributed by atoms with Gasteiger partial charge in [0.2, 0.25) is 5.88 Å². The van der Waals surface area contributed by atoms with Crippen LogP contribution >= 0.6 is 0 Å². The zero-order valence-electron chi connectivity index (χ0n) is 16.9. The number of hydrogen-bond acceptors (Lipinski definition) is 10. The molecule has 31 heavy (non-hydrogen) atoms. The lowest BCUT2D eigenvalue weighted by Gasteiger charge is -2.12. The average molecular weight is 472 g/mol. The van der Waals surface area contributed by atoms with Crippen LogP contribution in [-0.2, 0) is 24.7 Å². The van der Waals surface area contributed by atoms with Crippen LogP contribution in [0.4, 0.5) is 5.69 Å². The van der Waals surface area contributed by atoms with Crippen molar-refractivity contribution in [1.82, 2.24) is 4.98 Å². The Hall–Kier alpha value is -3.19. The van der Waals surface area contributed by atoms with Gasteiger partial charge < -0.3 is 14.0 Å². The Kier molecular flexibility index (Phi) is 7.57. The third-order valence-electron chi connectivity index (χ3n) is 3.60. The quantitative estimate of drug-likeness (QED) is 0.299. The molecule has 0 saturated carbocycles. The van der Waals surface area contributed by atoms with E-state index in [9.17, 15) is 21.6 Å². The summed E-state index contributed by atoms with van der Waals surface area (Å²) in [4.78, 5) is 15.1. The van der Waals surface area contributed by atoms with E-state index in [1.807, 2.05) is 0 Å². The maximum atomic E-state index is 11.6. The molecule has 1 aromatic heterocycles. The lowest BCUT2D eigenvalue weighted by atomic mass is 10.2. The van der Waals surface area contributed by atoms with Crippen LogP contribution < -0.4 is 14.3 Å². The Bertz CT molecular complexity index is 1190. The van der Waals surface area contributed by atoms with Crippen LogP contribution in [0.3, 0.4) is 0 Å².